The van der Waals surface area contributed by atoms with Crippen LogP contribution in [0, 0.1) is 12.7 Å². The first-order chi connectivity index (χ1) is 15.7. The second-order valence-corrected chi connectivity index (χ2v) is 8.16. The molecule has 10 heteroatoms. The lowest BCUT2D eigenvalue weighted by molar-refractivity contribution is 0.0594. The molecule has 0 amide bonds. The van der Waals surface area contributed by atoms with E-state index in [-0.39, 0.29) is 45.2 Å². The van der Waals surface area contributed by atoms with E-state index in [0.717, 1.165) is 11.1 Å². The van der Waals surface area contributed by atoms with Crippen LogP contribution >= 0.6 is 23.2 Å². The number of nitrogens with one attached hydrogen (secondary N) is 1. The molecule has 0 radical (unpaired) electrons. The van der Waals surface area contributed by atoms with Gasteiger partial charge in [-0.05, 0) is 30.7 Å². The molecule has 1 N–H and O–H groups in total. The van der Waals surface area contributed by atoms with Crippen molar-refractivity contribution >= 4 is 40.7 Å². The lowest BCUT2D eigenvalue weighted by Gasteiger charge is -2.18. The summed E-state index contributed by atoms with van der Waals surface area (Å²) in [7, 11) is 6.12. The fraction of sp³-hybridized carbons (Fsp3) is 0.261. The number of anilines is 2. The number of methoxy groups -OCH3 is 2. The summed E-state index contributed by atoms with van der Waals surface area (Å²) in [6, 6.07) is 8.73. The van der Waals surface area contributed by atoms with Crippen molar-refractivity contribution in [2.24, 2.45) is 0 Å². The molecule has 1 aromatic heterocycles. The Morgan fingerprint density at radius 1 is 1.15 bits per heavy atom. The molecule has 174 valence electrons. The van der Waals surface area contributed by atoms with Gasteiger partial charge in [0.05, 0.1) is 30.5 Å². The zero-order valence-corrected chi connectivity index (χ0v) is 20.3. The fourth-order valence-electron chi connectivity index (χ4n) is 3.22. The van der Waals surface area contributed by atoms with Crippen molar-refractivity contribution < 1.29 is 18.7 Å². The van der Waals surface area contributed by atoms with Crippen molar-refractivity contribution in [2.45, 2.75) is 13.5 Å². The first-order valence-electron chi connectivity index (χ1n) is 9.86. The highest BCUT2D eigenvalue weighted by Crippen LogP contribution is 2.35. The van der Waals surface area contributed by atoms with Crippen molar-refractivity contribution in [2.75, 3.05) is 38.5 Å². The third kappa shape index (κ3) is 5.12. The molecule has 0 fully saturated rings. The van der Waals surface area contributed by atoms with Gasteiger partial charge >= 0.3 is 5.97 Å². The number of aryl methyl sites for hydroxylation is 1. The monoisotopic (exact) mass is 492 g/mol. The van der Waals surface area contributed by atoms with Crippen LogP contribution in [0.5, 0.6) is 5.75 Å². The van der Waals surface area contributed by atoms with Gasteiger partial charge in [-0.1, -0.05) is 35.3 Å². The predicted molar refractivity (Wildman–Crippen MR) is 128 cm³/mol. The van der Waals surface area contributed by atoms with Crippen LogP contribution in [0.3, 0.4) is 0 Å². The molecule has 0 aliphatic rings. The zero-order chi connectivity index (χ0) is 24.3. The summed E-state index contributed by atoms with van der Waals surface area (Å²) >= 11 is 12.6. The molecule has 1 heterocycles. The predicted octanol–water partition coefficient (Wildman–Crippen LogP) is 5.37. The van der Waals surface area contributed by atoms with Crippen molar-refractivity contribution in [3.8, 4) is 17.1 Å². The minimum absolute atomic E-state index is 0.0427. The highest BCUT2D eigenvalue weighted by atomic mass is 35.5. The van der Waals surface area contributed by atoms with Crippen LogP contribution in [0.25, 0.3) is 11.4 Å². The molecular formula is C23H23Cl2FN4O3. The van der Waals surface area contributed by atoms with E-state index in [4.69, 9.17) is 32.7 Å². The average molecular weight is 493 g/mol. The normalized spacial score (nSPS) is 10.7. The third-order valence-electron chi connectivity index (χ3n) is 4.87. The third-order valence-corrected chi connectivity index (χ3v) is 5.54. The number of aromatic nitrogens is 2. The second kappa shape index (κ2) is 10.2. The maximum Gasteiger partial charge on any atom is 0.358 e. The Morgan fingerprint density at radius 2 is 1.88 bits per heavy atom. The number of benzene rings is 2. The molecule has 0 atom stereocenters. The number of esters is 1. The maximum absolute atomic E-state index is 15.3. The molecule has 3 rings (SSSR count). The van der Waals surface area contributed by atoms with Gasteiger partial charge in [-0.25, -0.2) is 19.2 Å². The number of ether oxygens (including phenoxy) is 2. The summed E-state index contributed by atoms with van der Waals surface area (Å²) in [6.45, 7) is 2.24. The molecule has 0 aliphatic carbocycles. The second-order valence-electron chi connectivity index (χ2n) is 7.37. The first-order valence-corrected chi connectivity index (χ1v) is 10.6. The molecular weight excluding hydrogens is 470 g/mol. The molecule has 0 saturated heterocycles. The van der Waals surface area contributed by atoms with Crippen LogP contribution in [0.2, 0.25) is 10.0 Å². The number of rotatable bonds is 7. The highest BCUT2D eigenvalue weighted by molar-refractivity contribution is 6.35. The van der Waals surface area contributed by atoms with Gasteiger partial charge in [0.15, 0.2) is 17.3 Å². The van der Waals surface area contributed by atoms with E-state index in [9.17, 15) is 4.79 Å². The van der Waals surface area contributed by atoms with Crippen LogP contribution in [0.1, 0.15) is 21.6 Å². The number of carbonyl (C=O) groups is 1. The molecule has 2 aromatic carbocycles. The molecule has 0 saturated carbocycles. The van der Waals surface area contributed by atoms with E-state index in [1.807, 2.05) is 25.1 Å². The minimum atomic E-state index is -0.776. The molecule has 33 heavy (non-hydrogen) atoms. The van der Waals surface area contributed by atoms with Crippen molar-refractivity contribution in [3.63, 3.8) is 0 Å². The summed E-state index contributed by atoms with van der Waals surface area (Å²) in [5.41, 5.74) is 1.92. The average Bonchev–Trinajstić information content (AvgIpc) is 2.78. The summed E-state index contributed by atoms with van der Waals surface area (Å²) in [4.78, 5) is 22.4. The number of nitrogens with zero attached hydrogens (tertiary/aromatic N) is 3. The molecule has 0 spiro atoms. The van der Waals surface area contributed by atoms with E-state index in [0.29, 0.717) is 5.75 Å². The lowest BCUT2D eigenvalue weighted by atomic mass is 10.1. The molecule has 0 aliphatic heterocycles. The number of hydrogen-bond donors (Lipinski definition) is 1. The Bertz CT molecular complexity index is 1200. The van der Waals surface area contributed by atoms with Crippen LogP contribution in [0.15, 0.2) is 30.3 Å². The smallest absolute Gasteiger partial charge is 0.358 e. The first kappa shape index (κ1) is 24.5. The van der Waals surface area contributed by atoms with Gasteiger partial charge in [0.25, 0.3) is 0 Å². The van der Waals surface area contributed by atoms with Crippen LogP contribution in [-0.2, 0) is 11.3 Å². The lowest BCUT2D eigenvalue weighted by Crippen LogP contribution is -2.14. The molecule has 0 unspecified atom stereocenters. The Labute approximate surface area is 201 Å². The van der Waals surface area contributed by atoms with Gasteiger partial charge in [0, 0.05) is 26.2 Å². The molecule has 3 aromatic rings. The van der Waals surface area contributed by atoms with Gasteiger partial charge in [-0.2, -0.15) is 0 Å². The summed E-state index contributed by atoms with van der Waals surface area (Å²) in [5, 5.41) is 3.28. The van der Waals surface area contributed by atoms with E-state index < -0.39 is 11.8 Å². The van der Waals surface area contributed by atoms with E-state index in [2.05, 4.69) is 15.3 Å². The summed E-state index contributed by atoms with van der Waals surface area (Å²) in [6.07, 6.45) is 0. The minimum Gasteiger partial charge on any atom is -0.496 e. The Kier molecular flexibility index (Phi) is 7.61. The molecule has 0 bridgehead atoms. The summed E-state index contributed by atoms with van der Waals surface area (Å²) in [5.74, 6) is -0.625. The van der Waals surface area contributed by atoms with Crippen LogP contribution in [0.4, 0.5) is 15.9 Å². The van der Waals surface area contributed by atoms with Gasteiger partial charge in [0.2, 0.25) is 0 Å². The standard InChI is InChI=1S/C23H23Cl2FN4O3/c1-12-6-7-13(16(10-12)32-4)11-27-22-17(25)19(23(31)33-5)28-21(29-22)14-8-9-15(24)20(18(14)26)30(2)3/h6-10H,11H2,1-5H3,(H,27,28,29). The van der Waals surface area contributed by atoms with E-state index in [1.54, 1.807) is 26.1 Å². The number of carbonyl (C=O) groups excluding carboxylic acids is 1. The van der Waals surface area contributed by atoms with Gasteiger partial charge in [-0.15, -0.1) is 0 Å². The largest absolute Gasteiger partial charge is 0.496 e. The maximum atomic E-state index is 15.3. The SMILES string of the molecule is COC(=O)c1nc(-c2ccc(Cl)c(N(C)C)c2F)nc(NCc2ccc(C)cc2OC)c1Cl. The van der Waals surface area contributed by atoms with Crippen LogP contribution in [-0.4, -0.2) is 44.3 Å². The van der Waals surface area contributed by atoms with Crippen molar-refractivity contribution in [1.82, 2.24) is 9.97 Å². The topological polar surface area (TPSA) is 76.6 Å². The Hall–Kier alpha value is -3.10. The highest BCUT2D eigenvalue weighted by Gasteiger charge is 2.24. The van der Waals surface area contributed by atoms with Crippen molar-refractivity contribution in [3.05, 3.63) is 63.0 Å². The number of hydrogen-bond acceptors (Lipinski definition) is 7. The Morgan fingerprint density at radius 3 is 2.52 bits per heavy atom. The van der Waals surface area contributed by atoms with Gasteiger partial charge in [-0.3, -0.25) is 0 Å². The van der Waals surface area contributed by atoms with Crippen LogP contribution < -0.4 is 15.0 Å². The zero-order valence-electron chi connectivity index (χ0n) is 18.8. The number of halogens is 3. The quantitative estimate of drug-likeness (QED) is 0.444. The van der Waals surface area contributed by atoms with Gasteiger partial charge in [0.1, 0.15) is 16.6 Å². The van der Waals surface area contributed by atoms with E-state index >= 15 is 4.39 Å². The van der Waals surface area contributed by atoms with Gasteiger partial charge < -0.3 is 19.7 Å². The molecule has 7 nitrogen and oxygen atoms in total. The van der Waals surface area contributed by atoms with E-state index in [1.165, 1.54) is 19.2 Å². The van der Waals surface area contributed by atoms with Crippen molar-refractivity contribution in [1.29, 1.82) is 0 Å². The Balaban J connectivity index is 2.10. The summed E-state index contributed by atoms with van der Waals surface area (Å²) < 4.78 is 25.5. The fourth-order valence-corrected chi connectivity index (χ4v) is 3.76.